The first kappa shape index (κ1) is 6.20. The Morgan fingerprint density at radius 2 is 1.04 bits per heavy atom. The summed E-state index contributed by atoms with van der Waals surface area (Å²) in [7, 11) is 0. The molecule has 118 valence electrons. The Morgan fingerprint density at radius 1 is 0.520 bits per heavy atom. The largest absolute Gasteiger partial charge is 0.309 e. The molecule has 0 fully saturated rings. The predicted molar refractivity (Wildman–Crippen MR) is 106 cm³/mol. The van der Waals surface area contributed by atoms with Gasteiger partial charge in [0.05, 0.1) is 28.9 Å². The molecular formula is C24H17N. The van der Waals surface area contributed by atoms with Gasteiger partial charge in [0.2, 0.25) is 0 Å². The van der Waals surface area contributed by atoms with Gasteiger partial charge in [-0.3, -0.25) is 0 Å². The minimum atomic E-state index is -0.537. The van der Waals surface area contributed by atoms with Crippen LogP contribution in [-0.4, -0.2) is 4.57 Å². The molecular weight excluding hydrogens is 302 g/mol. The maximum Gasteiger partial charge on any atom is 0.0645 e. The molecule has 0 aliphatic heterocycles. The van der Waals surface area contributed by atoms with Gasteiger partial charge in [-0.1, -0.05) is 78.6 Å². The standard InChI is InChI=1S/C24H17N/c1-2-8-18(9-3-1)19-14-16-20(17-15-19)25-23-12-6-4-10-21(23)22-11-5-7-13-24(22)25/h1-17H/i1D,2D,3D,4D,5D,6D,7D,8D,9D,10D,11D,12D,13D. The van der Waals surface area contributed by atoms with E-state index < -0.39 is 66.5 Å². The fourth-order valence-electron chi connectivity index (χ4n) is 2.85. The lowest BCUT2D eigenvalue weighted by Gasteiger charge is -2.09. The molecule has 0 amide bonds. The zero-order valence-corrected chi connectivity index (χ0v) is 12.8. The second kappa shape index (κ2) is 5.64. The summed E-state index contributed by atoms with van der Waals surface area (Å²) in [6.07, 6.45) is 0. The molecule has 1 nitrogen and oxygen atoms in total. The highest BCUT2D eigenvalue weighted by Crippen LogP contribution is 2.32. The van der Waals surface area contributed by atoms with Crippen molar-refractivity contribution in [3.05, 3.63) is 103 Å². The van der Waals surface area contributed by atoms with Crippen molar-refractivity contribution < 1.29 is 17.8 Å². The highest BCUT2D eigenvalue weighted by atomic mass is 15.0. The van der Waals surface area contributed by atoms with Crippen LogP contribution < -0.4 is 0 Å². The average Bonchev–Trinajstić information content (AvgIpc) is 3.27. The van der Waals surface area contributed by atoms with Crippen LogP contribution in [-0.2, 0) is 0 Å². The van der Waals surface area contributed by atoms with Crippen LogP contribution in [0, 0.1) is 0 Å². The number of fused-ring (bicyclic) bond motifs is 3. The summed E-state index contributed by atoms with van der Waals surface area (Å²) < 4.78 is 108. The minimum Gasteiger partial charge on any atom is -0.309 e. The molecule has 0 N–H and O–H groups in total. The third-order valence-electron chi connectivity index (χ3n) is 3.95. The van der Waals surface area contributed by atoms with Crippen molar-refractivity contribution in [3.8, 4) is 16.8 Å². The molecule has 0 saturated carbocycles. The Balaban J connectivity index is 1.90. The molecule has 1 heterocycles. The summed E-state index contributed by atoms with van der Waals surface area (Å²) in [5, 5.41) is -0.0969. The number of hydrogen-bond acceptors (Lipinski definition) is 0. The lowest BCUT2D eigenvalue weighted by Crippen LogP contribution is -1.93. The summed E-state index contributed by atoms with van der Waals surface area (Å²) in [5.74, 6) is 0. The summed E-state index contributed by atoms with van der Waals surface area (Å²) in [6.45, 7) is 0. The molecule has 0 atom stereocenters. The van der Waals surface area contributed by atoms with Crippen molar-refractivity contribution in [2.24, 2.45) is 0 Å². The van der Waals surface area contributed by atoms with E-state index in [4.69, 9.17) is 17.8 Å². The van der Waals surface area contributed by atoms with Crippen LogP contribution in [0.3, 0.4) is 0 Å². The van der Waals surface area contributed by atoms with E-state index in [1.807, 2.05) is 0 Å². The number of para-hydroxylation sites is 2. The number of rotatable bonds is 2. The molecule has 1 aromatic heterocycles. The fourth-order valence-corrected chi connectivity index (χ4v) is 2.85. The summed E-state index contributed by atoms with van der Waals surface area (Å²) in [4.78, 5) is 0. The molecule has 0 radical (unpaired) electrons. The Kier molecular flexibility index (Phi) is 1.40. The van der Waals surface area contributed by atoms with Gasteiger partial charge in [0.1, 0.15) is 0 Å². The van der Waals surface area contributed by atoms with Gasteiger partial charge >= 0.3 is 0 Å². The molecule has 0 spiro atoms. The van der Waals surface area contributed by atoms with Gasteiger partial charge in [0.25, 0.3) is 0 Å². The van der Waals surface area contributed by atoms with Gasteiger partial charge in [-0.25, -0.2) is 0 Å². The van der Waals surface area contributed by atoms with E-state index in [-0.39, 0.29) is 45.1 Å². The number of aromatic nitrogens is 1. The summed E-state index contributed by atoms with van der Waals surface area (Å²) in [6, 6.07) is -0.166. The average molecular weight is 332 g/mol. The summed E-state index contributed by atoms with van der Waals surface area (Å²) >= 11 is 0. The highest BCUT2D eigenvalue weighted by Gasteiger charge is 2.11. The van der Waals surface area contributed by atoms with E-state index in [0.717, 1.165) is 0 Å². The van der Waals surface area contributed by atoms with E-state index in [2.05, 4.69) is 0 Å². The van der Waals surface area contributed by atoms with Crippen molar-refractivity contribution in [3.63, 3.8) is 0 Å². The Bertz CT molecular complexity index is 1730. The quantitative estimate of drug-likeness (QED) is 0.350. The first-order chi connectivity index (χ1) is 17.8. The second-order valence-corrected chi connectivity index (χ2v) is 5.33. The van der Waals surface area contributed by atoms with Crippen LogP contribution >= 0.6 is 0 Å². The van der Waals surface area contributed by atoms with Crippen LogP contribution in [0.1, 0.15) is 17.8 Å². The maximum absolute atomic E-state index is 8.56. The molecule has 0 bridgehead atoms. The molecule has 5 rings (SSSR count). The zero-order valence-electron chi connectivity index (χ0n) is 25.8. The normalized spacial score (nSPS) is 18.5. The number of benzene rings is 4. The van der Waals surface area contributed by atoms with Gasteiger partial charge in [0, 0.05) is 16.5 Å². The van der Waals surface area contributed by atoms with Crippen molar-refractivity contribution in [2.45, 2.75) is 0 Å². The molecule has 25 heavy (non-hydrogen) atoms. The highest BCUT2D eigenvalue weighted by molar-refractivity contribution is 6.09. The molecule has 0 aliphatic rings. The smallest absolute Gasteiger partial charge is 0.0645 e. The third kappa shape index (κ3) is 2.25. The first-order valence-corrected chi connectivity index (χ1v) is 7.49. The Labute approximate surface area is 165 Å². The van der Waals surface area contributed by atoms with Crippen LogP contribution in [0.5, 0.6) is 0 Å². The minimum absolute atomic E-state index is 0.0198. The maximum atomic E-state index is 8.56. The molecule has 4 aromatic carbocycles. The van der Waals surface area contributed by atoms with Crippen molar-refractivity contribution in [2.75, 3.05) is 0 Å². The Morgan fingerprint density at radius 3 is 1.64 bits per heavy atom. The molecule has 0 saturated heterocycles. The first-order valence-electron chi connectivity index (χ1n) is 14.0. The van der Waals surface area contributed by atoms with Gasteiger partial charge in [-0.15, -0.1) is 0 Å². The van der Waals surface area contributed by atoms with Crippen molar-refractivity contribution in [1.29, 1.82) is 0 Å². The van der Waals surface area contributed by atoms with Gasteiger partial charge in [0.15, 0.2) is 0 Å². The number of hydrogen-bond donors (Lipinski definition) is 0. The zero-order chi connectivity index (χ0) is 28.0. The van der Waals surface area contributed by atoms with E-state index in [1.54, 1.807) is 0 Å². The van der Waals surface area contributed by atoms with Crippen molar-refractivity contribution >= 4 is 21.8 Å². The van der Waals surface area contributed by atoms with Gasteiger partial charge in [-0.2, -0.15) is 0 Å². The van der Waals surface area contributed by atoms with E-state index in [1.165, 1.54) is 28.8 Å². The number of nitrogens with zero attached hydrogens (tertiary/aromatic N) is 1. The lowest BCUT2D eigenvalue weighted by molar-refractivity contribution is 1.18. The monoisotopic (exact) mass is 332 g/mol. The van der Waals surface area contributed by atoms with E-state index in [0.29, 0.717) is 5.56 Å². The predicted octanol–water partition coefficient (Wildman–Crippen LogP) is 6.45. The van der Waals surface area contributed by atoms with Gasteiger partial charge in [-0.05, 0) is 35.3 Å². The van der Waals surface area contributed by atoms with Crippen molar-refractivity contribution in [1.82, 2.24) is 4.57 Å². The topological polar surface area (TPSA) is 4.93 Å². The second-order valence-electron chi connectivity index (χ2n) is 5.33. The van der Waals surface area contributed by atoms with Crippen LogP contribution in [0.15, 0.2) is 103 Å². The SMILES string of the molecule is [2H]c1c([2H])c([2H])c(-c2ccc(-n3c4c([2H])c([2H])c([2H])c([2H])c4c4c([2H])c([2H])c([2H])c([2H])c43)cc2)c([2H])c1[2H]. The van der Waals surface area contributed by atoms with Crippen LogP contribution in [0.25, 0.3) is 38.6 Å². The fraction of sp³-hybridized carbons (Fsp3) is 0. The molecule has 0 unspecified atom stereocenters. The lowest BCUT2D eigenvalue weighted by atomic mass is 10.1. The Hall–Kier alpha value is -3.32. The van der Waals surface area contributed by atoms with Crippen LogP contribution in [0.2, 0.25) is 0 Å². The molecule has 5 aromatic rings. The van der Waals surface area contributed by atoms with E-state index >= 15 is 0 Å². The van der Waals surface area contributed by atoms with Crippen LogP contribution in [0.4, 0.5) is 0 Å². The van der Waals surface area contributed by atoms with Gasteiger partial charge < -0.3 is 4.57 Å². The summed E-state index contributed by atoms with van der Waals surface area (Å²) in [5.41, 5.74) is 0.502. The molecule has 1 heteroatoms. The third-order valence-corrected chi connectivity index (χ3v) is 3.95. The van der Waals surface area contributed by atoms with E-state index in [9.17, 15) is 0 Å². The molecule has 0 aliphatic carbocycles.